The molecule has 0 bridgehead atoms. The second kappa shape index (κ2) is 4.80. The van der Waals surface area contributed by atoms with Gasteiger partial charge in [0, 0.05) is 13.6 Å². The molecule has 1 heterocycles. The number of carboxylic acids is 1. The third-order valence-electron chi connectivity index (χ3n) is 3.61. The average molecular weight is 251 g/mol. The maximum atomic E-state index is 11.9. The number of carbonyl (C=O) groups is 2. The van der Waals surface area contributed by atoms with Gasteiger partial charge in [-0.2, -0.15) is 0 Å². The van der Waals surface area contributed by atoms with Crippen LogP contribution >= 0.6 is 0 Å². The summed E-state index contributed by atoms with van der Waals surface area (Å²) in [6.07, 6.45) is 5.95. The largest absolute Gasteiger partial charge is 0.481 e. The third-order valence-corrected chi connectivity index (χ3v) is 3.61. The Morgan fingerprint density at radius 3 is 2.72 bits per heavy atom. The predicted octanol–water partition coefficient (Wildman–Crippen LogP) is 0.795. The highest BCUT2D eigenvalue weighted by atomic mass is 16.4. The molecular weight excluding hydrogens is 234 g/mol. The SMILES string of the molecule is Cn1cncc1C(=O)NCC1(CC(=O)O)CCC1. The molecule has 1 saturated carbocycles. The number of imidazole rings is 1. The number of aryl methyl sites for hydroxylation is 1. The topological polar surface area (TPSA) is 84.2 Å². The molecule has 2 rings (SSSR count). The van der Waals surface area contributed by atoms with Crippen LogP contribution in [0.3, 0.4) is 0 Å². The second-order valence-electron chi connectivity index (χ2n) is 5.00. The lowest BCUT2D eigenvalue weighted by atomic mass is 9.66. The Hall–Kier alpha value is -1.85. The van der Waals surface area contributed by atoms with Gasteiger partial charge in [0.05, 0.1) is 18.9 Å². The van der Waals surface area contributed by atoms with Crippen molar-refractivity contribution >= 4 is 11.9 Å². The van der Waals surface area contributed by atoms with Gasteiger partial charge in [-0.15, -0.1) is 0 Å². The molecule has 1 aromatic rings. The lowest BCUT2D eigenvalue weighted by Crippen LogP contribution is -2.43. The molecule has 6 heteroatoms. The molecule has 6 nitrogen and oxygen atoms in total. The highest BCUT2D eigenvalue weighted by molar-refractivity contribution is 5.92. The number of aliphatic carboxylic acids is 1. The molecule has 0 unspecified atom stereocenters. The standard InChI is InChI=1S/C12H17N3O3/c1-15-8-13-6-9(15)11(18)14-7-12(3-2-4-12)5-10(16)17/h6,8H,2-5,7H2,1H3,(H,14,18)(H,16,17). The fraction of sp³-hybridized carbons (Fsp3) is 0.583. The van der Waals surface area contributed by atoms with Crippen LogP contribution in [0.1, 0.15) is 36.2 Å². The van der Waals surface area contributed by atoms with Crippen LogP contribution in [0.15, 0.2) is 12.5 Å². The fourth-order valence-corrected chi connectivity index (χ4v) is 2.35. The van der Waals surface area contributed by atoms with Gasteiger partial charge in [0.25, 0.3) is 5.91 Å². The van der Waals surface area contributed by atoms with E-state index in [0.29, 0.717) is 12.2 Å². The minimum atomic E-state index is -0.801. The molecule has 0 saturated heterocycles. The Balaban J connectivity index is 1.93. The van der Waals surface area contributed by atoms with Crippen LogP contribution in [0.25, 0.3) is 0 Å². The highest BCUT2D eigenvalue weighted by Crippen LogP contribution is 2.43. The number of aromatic nitrogens is 2. The molecular formula is C12H17N3O3. The quantitative estimate of drug-likeness (QED) is 0.810. The van der Waals surface area contributed by atoms with E-state index >= 15 is 0 Å². The summed E-state index contributed by atoms with van der Waals surface area (Å²) in [5.74, 6) is -1.00. The van der Waals surface area contributed by atoms with E-state index in [0.717, 1.165) is 19.3 Å². The number of carbonyl (C=O) groups excluding carboxylic acids is 1. The summed E-state index contributed by atoms with van der Waals surface area (Å²) in [7, 11) is 1.75. The molecule has 0 atom stereocenters. The van der Waals surface area contributed by atoms with E-state index in [1.54, 1.807) is 17.9 Å². The third kappa shape index (κ3) is 2.52. The minimum Gasteiger partial charge on any atom is -0.481 e. The number of hydrogen-bond acceptors (Lipinski definition) is 3. The Morgan fingerprint density at radius 1 is 1.56 bits per heavy atom. The zero-order valence-electron chi connectivity index (χ0n) is 10.3. The minimum absolute atomic E-state index is 0.124. The van der Waals surface area contributed by atoms with Crippen molar-refractivity contribution in [3.63, 3.8) is 0 Å². The van der Waals surface area contributed by atoms with Crippen molar-refractivity contribution in [2.45, 2.75) is 25.7 Å². The molecule has 1 fully saturated rings. The van der Waals surface area contributed by atoms with Gasteiger partial charge >= 0.3 is 5.97 Å². The van der Waals surface area contributed by atoms with Crippen LogP contribution in [0.5, 0.6) is 0 Å². The van der Waals surface area contributed by atoms with Crippen molar-refractivity contribution in [2.75, 3.05) is 6.54 Å². The first-order valence-electron chi connectivity index (χ1n) is 5.99. The lowest BCUT2D eigenvalue weighted by Gasteiger charge is -2.40. The summed E-state index contributed by atoms with van der Waals surface area (Å²) < 4.78 is 1.64. The van der Waals surface area contributed by atoms with Crippen molar-refractivity contribution < 1.29 is 14.7 Å². The lowest BCUT2D eigenvalue weighted by molar-refractivity contribution is -0.141. The molecule has 0 aromatic carbocycles. The molecule has 1 aliphatic carbocycles. The summed E-state index contributed by atoms with van der Waals surface area (Å²) >= 11 is 0. The summed E-state index contributed by atoms with van der Waals surface area (Å²) in [5, 5.41) is 11.7. The first kappa shape index (κ1) is 12.6. The Morgan fingerprint density at radius 2 is 2.28 bits per heavy atom. The molecule has 0 radical (unpaired) electrons. The molecule has 1 amide bonds. The Labute approximate surface area is 105 Å². The summed E-state index contributed by atoms with van der Waals surface area (Å²) in [5.41, 5.74) is 0.236. The second-order valence-corrected chi connectivity index (χ2v) is 5.00. The van der Waals surface area contributed by atoms with E-state index in [-0.39, 0.29) is 17.7 Å². The summed E-state index contributed by atoms with van der Waals surface area (Å²) in [6.45, 7) is 0.420. The van der Waals surface area contributed by atoms with Crippen LogP contribution < -0.4 is 5.32 Å². The number of nitrogens with zero attached hydrogens (tertiary/aromatic N) is 2. The van der Waals surface area contributed by atoms with Gasteiger partial charge in [-0.3, -0.25) is 9.59 Å². The van der Waals surface area contributed by atoms with Crippen molar-refractivity contribution in [1.29, 1.82) is 0 Å². The van der Waals surface area contributed by atoms with Gasteiger partial charge in [-0.05, 0) is 18.3 Å². The summed E-state index contributed by atoms with van der Waals surface area (Å²) in [6, 6.07) is 0. The van der Waals surface area contributed by atoms with Crippen molar-refractivity contribution in [3.8, 4) is 0 Å². The zero-order valence-corrected chi connectivity index (χ0v) is 10.3. The first-order valence-corrected chi connectivity index (χ1v) is 5.99. The maximum Gasteiger partial charge on any atom is 0.303 e. The number of hydrogen-bond donors (Lipinski definition) is 2. The van der Waals surface area contributed by atoms with E-state index in [4.69, 9.17) is 5.11 Å². The molecule has 0 aliphatic heterocycles. The fourth-order valence-electron chi connectivity index (χ4n) is 2.35. The Kier molecular flexibility index (Phi) is 3.36. The smallest absolute Gasteiger partial charge is 0.303 e. The van der Waals surface area contributed by atoms with E-state index in [9.17, 15) is 9.59 Å². The van der Waals surface area contributed by atoms with Crippen LogP contribution in [0, 0.1) is 5.41 Å². The van der Waals surface area contributed by atoms with Crippen LogP contribution in [-0.4, -0.2) is 33.1 Å². The molecule has 1 aromatic heterocycles. The molecule has 18 heavy (non-hydrogen) atoms. The monoisotopic (exact) mass is 251 g/mol. The van der Waals surface area contributed by atoms with Crippen LogP contribution in [-0.2, 0) is 11.8 Å². The molecule has 2 N–H and O–H groups in total. The van der Waals surface area contributed by atoms with Crippen molar-refractivity contribution in [2.24, 2.45) is 12.5 Å². The molecule has 0 spiro atoms. The van der Waals surface area contributed by atoms with Gasteiger partial charge in [0.15, 0.2) is 0 Å². The number of rotatable bonds is 5. The van der Waals surface area contributed by atoms with Crippen molar-refractivity contribution in [1.82, 2.24) is 14.9 Å². The first-order chi connectivity index (χ1) is 8.52. The Bertz CT molecular complexity index is 463. The van der Waals surface area contributed by atoms with Gasteiger partial charge in [0.2, 0.25) is 0 Å². The van der Waals surface area contributed by atoms with E-state index in [1.807, 2.05) is 0 Å². The van der Waals surface area contributed by atoms with E-state index in [2.05, 4.69) is 10.3 Å². The maximum absolute atomic E-state index is 11.9. The molecule has 1 aliphatic rings. The van der Waals surface area contributed by atoms with E-state index < -0.39 is 5.97 Å². The van der Waals surface area contributed by atoms with Gasteiger partial charge < -0.3 is 15.0 Å². The average Bonchev–Trinajstić information content (AvgIpc) is 2.67. The van der Waals surface area contributed by atoms with Gasteiger partial charge in [-0.25, -0.2) is 4.98 Å². The van der Waals surface area contributed by atoms with E-state index in [1.165, 1.54) is 6.20 Å². The van der Waals surface area contributed by atoms with Gasteiger partial charge in [-0.1, -0.05) is 6.42 Å². The van der Waals surface area contributed by atoms with Crippen molar-refractivity contribution in [3.05, 3.63) is 18.2 Å². The number of carboxylic acid groups (broad SMARTS) is 1. The zero-order chi connectivity index (χ0) is 13.2. The predicted molar refractivity (Wildman–Crippen MR) is 64.1 cm³/mol. The number of amides is 1. The van der Waals surface area contributed by atoms with Gasteiger partial charge in [0.1, 0.15) is 5.69 Å². The van der Waals surface area contributed by atoms with Crippen LogP contribution in [0.4, 0.5) is 0 Å². The normalized spacial score (nSPS) is 16.9. The van der Waals surface area contributed by atoms with Crippen LogP contribution in [0.2, 0.25) is 0 Å². The summed E-state index contributed by atoms with van der Waals surface area (Å²) in [4.78, 5) is 26.6. The highest BCUT2D eigenvalue weighted by Gasteiger charge is 2.39. The number of nitrogens with one attached hydrogen (secondary N) is 1. The molecule has 98 valence electrons.